The van der Waals surface area contributed by atoms with Crippen LogP contribution in [-0.4, -0.2) is 55.4 Å². The molecule has 0 aromatic heterocycles. The first kappa shape index (κ1) is 18.3. The number of esters is 1. The van der Waals surface area contributed by atoms with E-state index in [-0.39, 0.29) is 28.6 Å². The number of aliphatic imine (C=N–C) groups is 1. The molecule has 0 bridgehead atoms. The van der Waals surface area contributed by atoms with Crippen molar-refractivity contribution in [3.05, 3.63) is 35.9 Å². The molecule has 0 radical (unpaired) electrons. The van der Waals surface area contributed by atoms with E-state index in [0.717, 1.165) is 28.0 Å². The molecule has 3 heterocycles. The molecular formula is C18H20N2O3S3. The zero-order valence-corrected chi connectivity index (χ0v) is 16.9. The number of rotatable bonds is 5. The van der Waals surface area contributed by atoms with Gasteiger partial charge in [0.15, 0.2) is 0 Å². The highest BCUT2D eigenvalue weighted by molar-refractivity contribution is 8.39. The number of carbonyl (C=O) groups excluding carboxylic acids is 2. The van der Waals surface area contributed by atoms with Crippen LogP contribution in [0.1, 0.15) is 18.9 Å². The Bertz CT molecular complexity index is 742. The van der Waals surface area contributed by atoms with Crippen molar-refractivity contribution in [2.24, 2.45) is 4.99 Å². The molecule has 1 aromatic carbocycles. The summed E-state index contributed by atoms with van der Waals surface area (Å²) in [5.74, 6) is 1.52. The molecule has 0 spiro atoms. The Hall–Kier alpha value is -1.12. The standard InChI is InChI=1S/C18H20N2O3S3/c1-18(11-25-17-19-7-8-24-17)15(20-13(21)9-14(20)26-18)16(22)23-10-12-5-3-2-4-6-12/h2-6,14-15H,7-11H2,1H3/t14-,15+,18+/m1/s1. The highest BCUT2D eigenvalue weighted by Gasteiger charge is 2.61. The van der Waals surface area contributed by atoms with Gasteiger partial charge in [-0.15, -0.1) is 11.8 Å². The van der Waals surface area contributed by atoms with Crippen molar-refractivity contribution < 1.29 is 14.3 Å². The number of amides is 1. The Morgan fingerprint density at radius 1 is 1.42 bits per heavy atom. The lowest BCUT2D eigenvalue weighted by Gasteiger charge is -2.37. The predicted octanol–water partition coefficient (Wildman–Crippen LogP) is 3.00. The van der Waals surface area contributed by atoms with Gasteiger partial charge >= 0.3 is 5.97 Å². The number of benzene rings is 1. The van der Waals surface area contributed by atoms with Gasteiger partial charge in [0.05, 0.1) is 23.1 Å². The lowest BCUT2D eigenvalue weighted by Crippen LogP contribution is -2.58. The number of thioether (sulfide) groups is 3. The van der Waals surface area contributed by atoms with Gasteiger partial charge in [-0.2, -0.15) is 0 Å². The summed E-state index contributed by atoms with van der Waals surface area (Å²) < 4.78 is 6.32. The van der Waals surface area contributed by atoms with E-state index in [1.54, 1.807) is 40.2 Å². The minimum Gasteiger partial charge on any atom is -0.459 e. The summed E-state index contributed by atoms with van der Waals surface area (Å²) in [4.78, 5) is 31.2. The molecule has 0 unspecified atom stereocenters. The van der Waals surface area contributed by atoms with E-state index in [1.807, 2.05) is 30.3 Å². The second-order valence-corrected chi connectivity index (χ2v) is 10.7. The normalized spacial score (nSPS) is 30.0. The molecule has 8 heteroatoms. The molecule has 3 atom stereocenters. The molecule has 2 saturated heterocycles. The summed E-state index contributed by atoms with van der Waals surface area (Å²) in [7, 11) is 0. The minimum atomic E-state index is -0.526. The molecular weight excluding hydrogens is 388 g/mol. The monoisotopic (exact) mass is 408 g/mol. The molecule has 0 aliphatic carbocycles. The molecule has 5 nitrogen and oxygen atoms in total. The number of hydrogen-bond acceptors (Lipinski definition) is 7. The summed E-state index contributed by atoms with van der Waals surface area (Å²) in [5, 5.41) is 0.0977. The Labute approximate surface area is 165 Å². The predicted molar refractivity (Wildman–Crippen MR) is 108 cm³/mol. The Morgan fingerprint density at radius 2 is 2.23 bits per heavy atom. The van der Waals surface area contributed by atoms with Crippen molar-refractivity contribution in [3.63, 3.8) is 0 Å². The average molecular weight is 409 g/mol. The largest absolute Gasteiger partial charge is 0.459 e. The zero-order valence-electron chi connectivity index (χ0n) is 14.4. The first-order valence-electron chi connectivity index (χ1n) is 8.56. The molecule has 4 rings (SSSR count). The number of nitrogens with zero attached hydrogens (tertiary/aromatic N) is 2. The SMILES string of the molecule is C[C@@]1(CSC2=NCCS2)S[C@@H]2CC(=O)N2[C@H]1C(=O)OCc1ccccc1. The lowest BCUT2D eigenvalue weighted by atomic mass is 9.98. The molecule has 2 fully saturated rings. The highest BCUT2D eigenvalue weighted by atomic mass is 32.2. The summed E-state index contributed by atoms with van der Waals surface area (Å²) in [5.41, 5.74) is 0.950. The van der Waals surface area contributed by atoms with Gasteiger partial charge in [-0.05, 0) is 12.5 Å². The van der Waals surface area contributed by atoms with Gasteiger partial charge in [0.25, 0.3) is 0 Å². The van der Waals surface area contributed by atoms with Crippen molar-refractivity contribution in [1.82, 2.24) is 4.90 Å². The van der Waals surface area contributed by atoms with Crippen LogP contribution in [0, 0.1) is 0 Å². The van der Waals surface area contributed by atoms with E-state index in [9.17, 15) is 9.59 Å². The van der Waals surface area contributed by atoms with E-state index in [1.165, 1.54) is 0 Å². The van der Waals surface area contributed by atoms with Gasteiger partial charge in [0.1, 0.15) is 17.0 Å². The van der Waals surface area contributed by atoms with Crippen LogP contribution < -0.4 is 0 Å². The van der Waals surface area contributed by atoms with E-state index in [4.69, 9.17) is 4.74 Å². The Morgan fingerprint density at radius 3 is 2.92 bits per heavy atom. The van der Waals surface area contributed by atoms with Crippen molar-refractivity contribution in [2.75, 3.05) is 18.1 Å². The van der Waals surface area contributed by atoms with Crippen molar-refractivity contribution >= 4 is 51.5 Å². The van der Waals surface area contributed by atoms with Gasteiger partial charge in [0, 0.05) is 11.5 Å². The second-order valence-electron chi connectivity index (χ2n) is 6.67. The fourth-order valence-electron chi connectivity index (χ4n) is 3.37. The minimum absolute atomic E-state index is 0.0467. The van der Waals surface area contributed by atoms with E-state index >= 15 is 0 Å². The highest BCUT2D eigenvalue weighted by Crippen LogP contribution is 2.52. The Balaban J connectivity index is 1.46. The van der Waals surface area contributed by atoms with Gasteiger partial charge in [0.2, 0.25) is 5.91 Å². The van der Waals surface area contributed by atoms with Crippen LogP contribution in [0.15, 0.2) is 35.3 Å². The fraction of sp³-hybridized carbons (Fsp3) is 0.500. The molecule has 138 valence electrons. The number of fused-ring (bicyclic) bond motifs is 1. The van der Waals surface area contributed by atoms with Gasteiger partial charge in [-0.1, -0.05) is 53.9 Å². The summed E-state index contributed by atoms with van der Waals surface area (Å²) in [6.45, 7) is 3.18. The van der Waals surface area contributed by atoms with Crippen LogP contribution in [-0.2, 0) is 20.9 Å². The third kappa shape index (κ3) is 3.51. The molecule has 3 aliphatic heterocycles. The van der Waals surface area contributed by atoms with E-state index in [0.29, 0.717) is 6.42 Å². The number of ether oxygens (including phenoxy) is 1. The number of carbonyl (C=O) groups is 2. The average Bonchev–Trinajstić information content (AvgIpc) is 3.24. The smallest absolute Gasteiger partial charge is 0.330 e. The van der Waals surface area contributed by atoms with Crippen LogP contribution in [0.3, 0.4) is 0 Å². The first-order valence-corrected chi connectivity index (χ1v) is 11.4. The van der Waals surface area contributed by atoms with Crippen LogP contribution in [0.2, 0.25) is 0 Å². The van der Waals surface area contributed by atoms with Gasteiger partial charge in [-0.25, -0.2) is 4.79 Å². The van der Waals surface area contributed by atoms with Crippen molar-refractivity contribution in [3.8, 4) is 0 Å². The maximum absolute atomic E-state index is 12.9. The zero-order chi connectivity index (χ0) is 18.1. The van der Waals surface area contributed by atoms with Gasteiger partial charge in [-0.3, -0.25) is 9.79 Å². The van der Waals surface area contributed by atoms with Crippen LogP contribution in [0.5, 0.6) is 0 Å². The lowest BCUT2D eigenvalue weighted by molar-refractivity contribution is -0.162. The van der Waals surface area contributed by atoms with E-state index in [2.05, 4.69) is 11.9 Å². The fourth-order valence-corrected chi connectivity index (χ4v) is 7.41. The maximum Gasteiger partial charge on any atom is 0.330 e. The quantitative estimate of drug-likeness (QED) is 0.551. The topological polar surface area (TPSA) is 59.0 Å². The van der Waals surface area contributed by atoms with Crippen molar-refractivity contribution in [1.29, 1.82) is 0 Å². The Kier molecular flexibility index (Phi) is 5.25. The third-order valence-electron chi connectivity index (χ3n) is 4.70. The molecule has 1 aromatic rings. The van der Waals surface area contributed by atoms with Crippen LogP contribution >= 0.6 is 35.3 Å². The third-order valence-corrected chi connectivity index (χ3v) is 9.04. The molecule has 0 saturated carbocycles. The summed E-state index contributed by atoms with van der Waals surface area (Å²) >= 11 is 5.19. The molecule has 26 heavy (non-hydrogen) atoms. The number of β-lactam (4-membered cyclic amide) rings is 1. The van der Waals surface area contributed by atoms with Gasteiger partial charge < -0.3 is 9.64 Å². The van der Waals surface area contributed by atoms with Crippen LogP contribution in [0.25, 0.3) is 0 Å². The maximum atomic E-state index is 12.9. The first-order chi connectivity index (χ1) is 12.6. The van der Waals surface area contributed by atoms with Crippen molar-refractivity contribution in [2.45, 2.75) is 36.1 Å². The second kappa shape index (κ2) is 7.48. The summed E-state index contributed by atoms with van der Waals surface area (Å²) in [6, 6.07) is 9.11. The van der Waals surface area contributed by atoms with E-state index < -0.39 is 6.04 Å². The van der Waals surface area contributed by atoms with Crippen LogP contribution in [0.4, 0.5) is 0 Å². The molecule has 3 aliphatic rings. The molecule has 1 amide bonds. The number of hydrogen-bond donors (Lipinski definition) is 0. The molecule has 0 N–H and O–H groups in total. The summed E-state index contributed by atoms with van der Waals surface area (Å²) in [6.07, 6.45) is 0.517.